The summed E-state index contributed by atoms with van der Waals surface area (Å²) in [6, 6.07) is 7.96. The summed E-state index contributed by atoms with van der Waals surface area (Å²) in [5, 5.41) is 14.1. The first kappa shape index (κ1) is 17.4. The Bertz CT molecular complexity index is 721. The molecule has 0 saturated heterocycles. The number of benzene rings is 1. The third kappa shape index (κ3) is 3.88. The molecule has 1 aromatic carbocycles. The van der Waals surface area contributed by atoms with Crippen LogP contribution in [0.5, 0.6) is 0 Å². The number of rotatable bonds is 5. The van der Waals surface area contributed by atoms with Crippen molar-refractivity contribution in [2.45, 2.75) is 46.6 Å². The molecule has 0 spiro atoms. The summed E-state index contributed by atoms with van der Waals surface area (Å²) in [7, 11) is 0. The van der Waals surface area contributed by atoms with Gasteiger partial charge in [0.25, 0.3) is 0 Å². The Morgan fingerprint density at radius 2 is 1.96 bits per heavy atom. The number of aliphatic hydroxyl groups is 1. The van der Waals surface area contributed by atoms with Crippen LogP contribution < -0.4 is 5.32 Å². The fourth-order valence-electron chi connectivity index (χ4n) is 2.54. The number of aryl methyl sites for hydroxylation is 2. The number of carbonyl (C=O) groups is 1. The largest absolute Gasteiger partial charge is 0.388 e. The minimum Gasteiger partial charge on any atom is -0.388 e. The van der Waals surface area contributed by atoms with E-state index in [0.29, 0.717) is 0 Å². The van der Waals surface area contributed by atoms with Gasteiger partial charge >= 0.3 is 0 Å². The van der Waals surface area contributed by atoms with Gasteiger partial charge in [-0.1, -0.05) is 32.0 Å². The molecule has 4 nitrogen and oxygen atoms in total. The third-order valence-electron chi connectivity index (χ3n) is 4.71. The first-order valence-corrected chi connectivity index (χ1v) is 8.06. The molecule has 2 rings (SSSR count). The zero-order chi connectivity index (χ0) is 17.2. The summed E-state index contributed by atoms with van der Waals surface area (Å²) in [6.45, 7) is 9.84. The van der Waals surface area contributed by atoms with Crippen molar-refractivity contribution in [2.24, 2.45) is 5.92 Å². The fourth-order valence-corrected chi connectivity index (χ4v) is 2.54. The van der Waals surface area contributed by atoms with E-state index in [0.717, 1.165) is 27.7 Å². The maximum absolute atomic E-state index is 12.3. The lowest BCUT2D eigenvalue weighted by atomic mass is 9.92. The molecule has 23 heavy (non-hydrogen) atoms. The molecule has 1 aromatic heterocycles. The Kier molecular flexibility index (Phi) is 5.05. The average Bonchev–Trinajstić information content (AvgIpc) is 2.49. The van der Waals surface area contributed by atoms with Crippen LogP contribution in [0.15, 0.2) is 24.3 Å². The van der Waals surface area contributed by atoms with Gasteiger partial charge in [0.05, 0.1) is 17.5 Å². The Balaban J connectivity index is 2.17. The minimum absolute atomic E-state index is 0.0774. The number of hydrogen-bond donors (Lipinski definition) is 2. The van der Waals surface area contributed by atoms with Crippen molar-refractivity contribution in [1.29, 1.82) is 0 Å². The molecule has 0 fully saturated rings. The predicted octanol–water partition coefficient (Wildman–Crippen LogP) is 2.92. The average molecular weight is 314 g/mol. The van der Waals surface area contributed by atoms with Crippen molar-refractivity contribution < 1.29 is 9.90 Å². The highest BCUT2D eigenvalue weighted by Crippen LogP contribution is 2.23. The van der Waals surface area contributed by atoms with Gasteiger partial charge in [0, 0.05) is 17.6 Å². The molecule has 1 atom stereocenters. The number of aromatic nitrogens is 1. The molecule has 2 aromatic rings. The number of pyridine rings is 1. The molecule has 0 aliphatic heterocycles. The maximum Gasteiger partial charge on any atom is 0.224 e. The number of amides is 1. The zero-order valence-electron chi connectivity index (χ0n) is 14.6. The van der Waals surface area contributed by atoms with Gasteiger partial charge in [0.1, 0.15) is 0 Å². The van der Waals surface area contributed by atoms with Crippen LogP contribution in [0.1, 0.15) is 37.6 Å². The van der Waals surface area contributed by atoms with E-state index in [1.165, 1.54) is 0 Å². The molecule has 4 heteroatoms. The van der Waals surface area contributed by atoms with Gasteiger partial charge in [-0.15, -0.1) is 0 Å². The number of carbonyl (C=O) groups excluding carboxylic acids is 1. The summed E-state index contributed by atoms with van der Waals surface area (Å²) in [6.07, 6.45) is 0.281. The number of para-hydroxylation sites is 1. The smallest absolute Gasteiger partial charge is 0.224 e. The standard InChI is InChI=1S/C19H26N2O2/c1-12(2)19(5,23)11-20-18(22)10-16-13(3)15-8-6-7-9-17(15)21-14(16)4/h6-9,12,23H,10-11H2,1-5H3,(H,20,22). The Labute approximate surface area is 137 Å². The molecule has 0 bridgehead atoms. The molecule has 0 saturated carbocycles. The van der Waals surface area contributed by atoms with E-state index in [2.05, 4.69) is 10.3 Å². The first-order valence-electron chi connectivity index (χ1n) is 8.06. The normalized spacial score (nSPS) is 14.0. The van der Waals surface area contributed by atoms with Crippen LogP contribution in [0.2, 0.25) is 0 Å². The van der Waals surface area contributed by atoms with Gasteiger partial charge in [0.2, 0.25) is 5.91 Å². The predicted molar refractivity (Wildman–Crippen MR) is 93.4 cm³/mol. The molecule has 2 N–H and O–H groups in total. The summed E-state index contributed by atoms with van der Waals surface area (Å²) in [5.74, 6) is -0.0113. The third-order valence-corrected chi connectivity index (χ3v) is 4.71. The lowest BCUT2D eigenvalue weighted by molar-refractivity contribution is -0.122. The quantitative estimate of drug-likeness (QED) is 0.892. The van der Waals surface area contributed by atoms with Crippen molar-refractivity contribution in [2.75, 3.05) is 6.54 Å². The SMILES string of the molecule is Cc1nc2ccccc2c(C)c1CC(=O)NCC(C)(O)C(C)C. The second-order valence-electron chi connectivity index (χ2n) is 6.78. The number of nitrogens with one attached hydrogen (secondary N) is 1. The first-order chi connectivity index (χ1) is 10.7. The van der Waals surface area contributed by atoms with E-state index in [1.807, 2.05) is 52.0 Å². The number of hydrogen-bond acceptors (Lipinski definition) is 3. The van der Waals surface area contributed by atoms with Gasteiger partial charge in [0.15, 0.2) is 0 Å². The number of nitrogens with zero attached hydrogens (tertiary/aromatic N) is 1. The molecule has 0 aliphatic rings. The Hall–Kier alpha value is -1.94. The van der Waals surface area contributed by atoms with Crippen LogP contribution in [0.3, 0.4) is 0 Å². The second-order valence-corrected chi connectivity index (χ2v) is 6.78. The van der Waals surface area contributed by atoms with Crippen LogP contribution in [0, 0.1) is 19.8 Å². The van der Waals surface area contributed by atoms with Crippen LogP contribution in [0.4, 0.5) is 0 Å². The van der Waals surface area contributed by atoms with Crippen molar-refractivity contribution >= 4 is 16.8 Å². The lowest BCUT2D eigenvalue weighted by Gasteiger charge is -2.27. The van der Waals surface area contributed by atoms with Gasteiger partial charge in [-0.2, -0.15) is 0 Å². The molecule has 1 unspecified atom stereocenters. The Morgan fingerprint density at radius 3 is 2.61 bits per heavy atom. The van der Waals surface area contributed by atoms with E-state index in [4.69, 9.17) is 0 Å². The molecule has 1 amide bonds. The van der Waals surface area contributed by atoms with E-state index < -0.39 is 5.60 Å². The lowest BCUT2D eigenvalue weighted by Crippen LogP contribution is -2.44. The van der Waals surface area contributed by atoms with E-state index in [-0.39, 0.29) is 24.8 Å². The minimum atomic E-state index is -0.901. The molecule has 124 valence electrons. The van der Waals surface area contributed by atoms with Gasteiger partial charge < -0.3 is 10.4 Å². The van der Waals surface area contributed by atoms with Crippen LogP contribution in [-0.2, 0) is 11.2 Å². The van der Waals surface area contributed by atoms with E-state index in [1.54, 1.807) is 6.92 Å². The zero-order valence-corrected chi connectivity index (χ0v) is 14.6. The topological polar surface area (TPSA) is 62.2 Å². The monoisotopic (exact) mass is 314 g/mol. The van der Waals surface area contributed by atoms with Crippen molar-refractivity contribution in [3.63, 3.8) is 0 Å². The van der Waals surface area contributed by atoms with Gasteiger partial charge in [-0.25, -0.2) is 0 Å². The Morgan fingerprint density at radius 1 is 1.30 bits per heavy atom. The van der Waals surface area contributed by atoms with Crippen LogP contribution in [0.25, 0.3) is 10.9 Å². The van der Waals surface area contributed by atoms with Crippen molar-refractivity contribution in [3.8, 4) is 0 Å². The highest BCUT2D eigenvalue weighted by Gasteiger charge is 2.25. The van der Waals surface area contributed by atoms with E-state index >= 15 is 0 Å². The maximum atomic E-state index is 12.3. The van der Waals surface area contributed by atoms with Gasteiger partial charge in [-0.05, 0) is 43.9 Å². The van der Waals surface area contributed by atoms with Crippen LogP contribution in [-0.4, -0.2) is 28.1 Å². The summed E-state index contributed by atoms with van der Waals surface area (Å²) < 4.78 is 0. The highest BCUT2D eigenvalue weighted by atomic mass is 16.3. The molecule has 0 radical (unpaired) electrons. The second kappa shape index (κ2) is 6.67. The molecular weight excluding hydrogens is 288 g/mol. The summed E-state index contributed by atoms with van der Waals surface area (Å²) >= 11 is 0. The summed E-state index contributed by atoms with van der Waals surface area (Å²) in [4.78, 5) is 16.9. The molecular formula is C19H26N2O2. The van der Waals surface area contributed by atoms with Crippen molar-refractivity contribution in [3.05, 3.63) is 41.1 Å². The molecule has 0 aliphatic carbocycles. The van der Waals surface area contributed by atoms with Crippen molar-refractivity contribution in [1.82, 2.24) is 10.3 Å². The number of fused-ring (bicyclic) bond motifs is 1. The van der Waals surface area contributed by atoms with E-state index in [9.17, 15) is 9.90 Å². The van der Waals surface area contributed by atoms with Crippen LogP contribution >= 0.6 is 0 Å². The fraction of sp³-hybridized carbons (Fsp3) is 0.474. The highest BCUT2D eigenvalue weighted by molar-refractivity contribution is 5.86. The molecule has 1 heterocycles. The summed E-state index contributed by atoms with van der Waals surface area (Å²) in [5.41, 5.74) is 2.99. The van der Waals surface area contributed by atoms with Gasteiger partial charge in [-0.3, -0.25) is 9.78 Å².